The number of hydrogen-bond acceptors (Lipinski definition) is 6. The zero-order chi connectivity index (χ0) is 19.0. The Morgan fingerprint density at radius 3 is 2.59 bits per heavy atom. The highest BCUT2D eigenvalue weighted by Gasteiger charge is 2.14. The number of anilines is 1. The molecule has 0 aliphatic carbocycles. The molecule has 7 nitrogen and oxygen atoms in total. The van der Waals surface area contributed by atoms with Crippen molar-refractivity contribution < 1.29 is 9.90 Å². The van der Waals surface area contributed by atoms with Gasteiger partial charge in [0.05, 0.1) is 22.2 Å². The first-order chi connectivity index (χ1) is 13.0. The summed E-state index contributed by atoms with van der Waals surface area (Å²) in [5, 5.41) is 17.5. The van der Waals surface area contributed by atoms with Gasteiger partial charge in [0.1, 0.15) is 5.82 Å². The second-order valence-corrected chi connectivity index (χ2v) is 7.00. The van der Waals surface area contributed by atoms with Crippen LogP contribution in [-0.4, -0.2) is 31.2 Å². The SMILES string of the molecule is Cc1cc(-c2cccc3nc(Sc4ccc(C(=O)O)cc4)nc(N)c23)n[nH]1. The van der Waals surface area contributed by atoms with Crippen molar-refractivity contribution in [3.8, 4) is 11.3 Å². The number of rotatable bonds is 4. The van der Waals surface area contributed by atoms with E-state index in [4.69, 9.17) is 10.8 Å². The van der Waals surface area contributed by atoms with Gasteiger partial charge in [-0.05, 0) is 55.1 Å². The van der Waals surface area contributed by atoms with Crippen LogP contribution >= 0.6 is 11.8 Å². The van der Waals surface area contributed by atoms with Crippen molar-refractivity contribution in [3.63, 3.8) is 0 Å². The smallest absolute Gasteiger partial charge is 0.335 e. The number of aromatic carboxylic acids is 1. The van der Waals surface area contributed by atoms with Gasteiger partial charge >= 0.3 is 5.97 Å². The van der Waals surface area contributed by atoms with Crippen LogP contribution in [0, 0.1) is 6.92 Å². The van der Waals surface area contributed by atoms with E-state index in [-0.39, 0.29) is 5.56 Å². The number of nitrogens with zero attached hydrogens (tertiary/aromatic N) is 3. The number of carbonyl (C=O) groups is 1. The largest absolute Gasteiger partial charge is 0.478 e. The maximum Gasteiger partial charge on any atom is 0.335 e. The van der Waals surface area contributed by atoms with Gasteiger partial charge in [-0.25, -0.2) is 14.8 Å². The molecule has 4 rings (SSSR count). The number of nitrogens with two attached hydrogens (primary N) is 1. The molecule has 0 aliphatic heterocycles. The summed E-state index contributed by atoms with van der Waals surface area (Å²) < 4.78 is 0. The van der Waals surface area contributed by atoms with Crippen LogP contribution in [0.4, 0.5) is 5.82 Å². The maximum atomic E-state index is 11.0. The lowest BCUT2D eigenvalue weighted by Crippen LogP contribution is -1.99. The van der Waals surface area contributed by atoms with Crippen LogP contribution in [0.5, 0.6) is 0 Å². The van der Waals surface area contributed by atoms with E-state index in [0.29, 0.717) is 11.0 Å². The predicted molar refractivity (Wildman–Crippen MR) is 104 cm³/mol. The van der Waals surface area contributed by atoms with Crippen molar-refractivity contribution in [1.82, 2.24) is 20.2 Å². The molecule has 4 aromatic rings. The van der Waals surface area contributed by atoms with Crippen LogP contribution in [0.1, 0.15) is 16.1 Å². The number of aromatic nitrogens is 4. The Kier molecular flexibility index (Phi) is 4.25. The molecule has 0 saturated carbocycles. The maximum absolute atomic E-state index is 11.0. The summed E-state index contributed by atoms with van der Waals surface area (Å²) in [6, 6.07) is 14.2. The molecular formula is C19H15N5O2S. The molecule has 2 aromatic heterocycles. The summed E-state index contributed by atoms with van der Waals surface area (Å²) in [5.74, 6) is -0.584. The molecule has 27 heavy (non-hydrogen) atoms. The van der Waals surface area contributed by atoms with Crippen LogP contribution in [0.25, 0.3) is 22.2 Å². The summed E-state index contributed by atoms with van der Waals surface area (Å²) in [5.41, 5.74) is 9.82. The number of carboxylic acid groups (broad SMARTS) is 1. The highest BCUT2D eigenvalue weighted by Crippen LogP contribution is 2.33. The monoisotopic (exact) mass is 377 g/mol. The van der Waals surface area contributed by atoms with E-state index in [1.54, 1.807) is 24.3 Å². The van der Waals surface area contributed by atoms with Gasteiger partial charge in [-0.1, -0.05) is 12.1 Å². The Morgan fingerprint density at radius 2 is 1.93 bits per heavy atom. The Bertz CT molecular complexity index is 1150. The van der Waals surface area contributed by atoms with E-state index >= 15 is 0 Å². The molecule has 2 aromatic carbocycles. The molecular weight excluding hydrogens is 362 g/mol. The summed E-state index contributed by atoms with van der Waals surface area (Å²) in [6.07, 6.45) is 0. The minimum absolute atomic E-state index is 0.234. The molecule has 0 fully saturated rings. The number of benzene rings is 2. The molecule has 0 bridgehead atoms. The van der Waals surface area contributed by atoms with Gasteiger partial charge in [-0.3, -0.25) is 5.10 Å². The highest BCUT2D eigenvalue weighted by molar-refractivity contribution is 7.99. The van der Waals surface area contributed by atoms with E-state index in [2.05, 4.69) is 20.2 Å². The number of hydrogen-bond donors (Lipinski definition) is 3. The number of nitrogens with one attached hydrogen (secondary N) is 1. The second kappa shape index (κ2) is 6.73. The minimum atomic E-state index is -0.959. The van der Waals surface area contributed by atoms with Gasteiger partial charge in [-0.2, -0.15) is 5.10 Å². The number of fused-ring (bicyclic) bond motifs is 1. The molecule has 8 heteroatoms. The predicted octanol–water partition coefficient (Wildman–Crippen LogP) is 3.76. The lowest BCUT2D eigenvalue weighted by molar-refractivity contribution is 0.0697. The number of aryl methyl sites for hydroxylation is 1. The minimum Gasteiger partial charge on any atom is -0.478 e. The van der Waals surface area contributed by atoms with Gasteiger partial charge in [0, 0.05) is 16.2 Å². The first kappa shape index (κ1) is 17.0. The quantitative estimate of drug-likeness (QED) is 0.463. The third-order valence-electron chi connectivity index (χ3n) is 4.02. The fourth-order valence-corrected chi connectivity index (χ4v) is 3.55. The Balaban J connectivity index is 1.73. The van der Waals surface area contributed by atoms with Crippen LogP contribution in [0.2, 0.25) is 0 Å². The van der Waals surface area contributed by atoms with Crippen molar-refractivity contribution >= 4 is 34.5 Å². The van der Waals surface area contributed by atoms with E-state index in [9.17, 15) is 4.79 Å². The molecule has 4 N–H and O–H groups in total. The van der Waals surface area contributed by atoms with Crippen LogP contribution in [-0.2, 0) is 0 Å². The highest BCUT2D eigenvalue weighted by atomic mass is 32.2. The van der Waals surface area contributed by atoms with Crippen molar-refractivity contribution in [2.75, 3.05) is 5.73 Å². The van der Waals surface area contributed by atoms with E-state index < -0.39 is 5.97 Å². The fourth-order valence-electron chi connectivity index (χ4n) is 2.78. The zero-order valence-corrected chi connectivity index (χ0v) is 15.1. The van der Waals surface area contributed by atoms with Crippen molar-refractivity contribution in [3.05, 3.63) is 59.8 Å². The number of nitrogen functional groups attached to an aromatic ring is 1. The standard InChI is InChI=1S/C19H15N5O2S/c1-10-9-15(24-23-10)13-3-2-4-14-16(13)17(20)22-19(21-14)27-12-7-5-11(6-8-12)18(25)26/h2-9H,1H3,(H,23,24)(H,25,26)(H2,20,21,22). The van der Waals surface area contributed by atoms with Gasteiger partial charge in [0.15, 0.2) is 5.16 Å². The van der Waals surface area contributed by atoms with Crippen molar-refractivity contribution in [1.29, 1.82) is 0 Å². The summed E-state index contributed by atoms with van der Waals surface area (Å²) in [7, 11) is 0. The van der Waals surface area contributed by atoms with Crippen LogP contribution < -0.4 is 5.73 Å². The first-order valence-corrected chi connectivity index (χ1v) is 8.93. The summed E-state index contributed by atoms with van der Waals surface area (Å²) in [6.45, 7) is 1.94. The van der Waals surface area contributed by atoms with Gasteiger partial charge < -0.3 is 10.8 Å². The molecule has 0 amide bonds. The Morgan fingerprint density at radius 1 is 1.15 bits per heavy atom. The van der Waals surface area contributed by atoms with Gasteiger partial charge in [0.25, 0.3) is 0 Å². The summed E-state index contributed by atoms with van der Waals surface area (Å²) >= 11 is 1.33. The third kappa shape index (κ3) is 3.34. The van der Waals surface area contributed by atoms with Crippen molar-refractivity contribution in [2.45, 2.75) is 17.0 Å². The van der Waals surface area contributed by atoms with Crippen LogP contribution in [0.3, 0.4) is 0 Å². The van der Waals surface area contributed by atoms with E-state index in [1.165, 1.54) is 11.8 Å². The third-order valence-corrected chi connectivity index (χ3v) is 4.90. The number of aromatic amines is 1. The summed E-state index contributed by atoms with van der Waals surface area (Å²) in [4.78, 5) is 20.8. The normalized spacial score (nSPS) is 11.0. The van der Waals surface area contributed by atoms with Crippen LogP contribution in [0.15, 0.2) is 58.6 Å². The van der Waals surface area contributed by atoms with E-state index in [0.717, 1.165) is 32.7 Å². The molecule has 0 radical (unpaired) electrons. The van der Waals surface area contributed by atoms with Crippen molar-refractivity contribution in [2.24, 2.45) is 0 Å². The average Bonchev–Trinajstić information content (AvgIpc) is 3.08. The molecule has 0 saturated heterocycles. The molecule has 134 valence electrons. The fraction of sp³-hybridized carbons (Fsp3) is 0.0526. The molecule has 0 unspecified atom stereocenters. The first-order valence-electron chi connectivity index (χ1n) is 8.11. The topological polar surface area (TPSA) is 118 Å². The zero-order valence-electron chi connectivity index (χ0n) is 14.3. The van der Waals surface area contributed by atoms with E-state index in [1.807, 2.05) is 31.2 Å². The Labute approximate surface area is 158 Å². The molecule has 0 aliphatic rings. The lowest BCUT2D eigenvalue weighted by atomic mass is 10.1. The molecule has 0 spiro atoms. The van der Waals surface area contributed by atoms with Gasteiger partial charge in [-0.15, -0.1) is 0 Å². The molecule has 2 heterocycles. The number of carboxylic acids is 1. The number of H-pyrrole nitrogens is 1. The molecule has 0 atom stereocenters. The lowest BCUT2D eigenvalue weighted by Gasteiger charge is -2.08. The Hall–Kier alpha value is -3.39. The second-order valence-electron chi connectivity index (χ2n) is 5.96. The average molecular weight is 377 g/mol. The van der Waals surface area contributed by atoms with Gasteiger partial charge in [0.2, 0.25) is 0 Å².